The van der Waals surface area contributed by atoms with Crippen LogP contribution in [0.4, 0.5) is 0 Å². The van der Waals surface area contributed by atoms with Crippen LogP contribution in [0, 0.1) is 0 Å². The number of hydrogen-bond acceptors (Lipinski definition) is 4. The van der Waals surface area contributed by atoms with Crippen molar-refractivity contribution in [1.29, 1.82) is 0 Å². The number of rotatable bonds is 2. The summed E-state index contributed by atoms with van der Waals surface area (Å²) in [6, 6.07) is 4.15. The summed E-state index contributed by atoms with van der Waals surface area (Å²) in [6.07, 6.45) is 0. The molecule has 0 bridgehead atoms. The number of aromatic nitrogens is 2. The largest absolute Gasteiger partial charge is 0.319 e. The monoisotopic (exact) mass is 286 g/mol. The first-order valence-electron chi connectivity index (χ1n) is 5.27. The van der Waals surface area contributed by atoms with Crippen LogP contribution in [0.5, 0.6) is 0 Å². The van der Waals surface area contributed by atoms with Crippen LogP contribution in [0.3, 0.4) is 0 Å². The minimum atomic E-state index is -3.80. The van der Waals surface area contributed by atoms with E-state index in [1.165, 1.54) is 18.2 Å². The maximum atomic E-state index is 11.7. The maximum Gasteiger partial charge on any atom is 0.270 e. The van der Waals surface area contributed by atoms with Gasteiger partial charge in [-0.15, -0.1) is 0 Å². The molecule has 5 nitrogen and oxygen atoms in total. The Bertz CT molecular complexity index is 765. The van der Waals surface area contributed by atoms with Crippen molar-refractivity contribution in [2.45, 2.75) is 24.7 Å². The van der Waals surface area contributed by atoms with E-state index in [1.807, 2.05) is 13.8 Å². The van der Waals surface area contributed by atoms with Crippen molar-refractivity contribution in [3.8, 4) is 0 Å². The van der Waals surface area contributed by atoms with E-state index in [0.717, 1.165) is 0 Å². The van der Waals surface area contributed by atoms with Gasteiger partial charge in [0.15, 0.2) is 0 Å². The van der Waals surface area contributed by atoms with Gasteiger partial charge in [0.05, 0.1) is 15.9 Å². The van der Waals surface area contributed by atoms with Gasteiger partial charge in [-0.05, 0) is 18.2 Å². The molecule has 0 spiro atoms. The van der Waals surface area contributed by atoms with Gasteiger partial charge in [0.25, 0.3) is 14.6 Å². The SMILES string of the molecule is CC(C)c1nc2cc(S(=O)(=O)Cl)ccc2[nH]c1=O. The van der Waals surface area contributed by atoms with Crippen molar-refractivity contribution in [3.05, 3.63) is 34.2 Å². The van der Waals surface area contributed by atoms with Crippen LogP contribution in [0.15, 0.2) is 27.9 Å². The van der Waals surface area contributed by atoms with Gasteiger partial charge in [-0.1, -0.05) is 13.8 Å². The Kier molecular flexibility index (Phi) is 3.16. The predicted octanol–water partition coefficient (Wildman–Crippen LogP) is 1.97. The molecule has 0 saturated heterocycles. The predicted molar refractivity (Wildman–Crippen MR) is 69.5 cm³/mol. The maximum absolute atomic E-state index is 11.7. The van der Waals surface area contributed by atoms with Crippen LogP contribution in [0.25, 0.3) is 11.0 Å². The first kappa shape index (κ1) is 13.0. The van der Waals surface area contributed by atoms with Crippen molar-refractivity contribution in [1.82, 2.24) is 9.97 Å². The van der Waals surface area contributed by atoms with Gasteiger partial charge >= 0.3 is 0 Å². The zero-order chi connectivity index (χ0) is 13.5. The Labute approximate surface area is 108 Å². The normalized spacial score (nSPS) is 12.2. The van der Waals surface area contributed by atoms with Gasteiger partial charge in [-0.3, -0.25) is 4.79 Å². The van der Waals surface area contributed by atoms with Crippen LogP contribution in [0.2, 0.25) is 0 Å². The second-order valence-electron chi connectivity index (χ2n) is 4.22. The van der Waals surface area contributed by atoms with Gasteiger partial charge in [-0.25, -0.2) is 13.4 Å². The average molecular weight is 287 g/mol. The molecule has 0 aliphatic carbocycles. The van der Waals surface area contributed by atoms with E-state index in [0.29, 0.717) is 16.7 Å². The highest BCUT2D eigenvalue weighted by Crippen LogP contribution is 2.19. The molecule has 18 heavy (non-hydrogen) atoms. The Balaban J connectivity index is 2.77. The number of aromatic amines is 1. The molecule has 0 fully saturated rings. The lowest BCUT2D eigenvalue weighted by atomic mass is 10.1. The lowest BCUT2D eigenvalue weighted by molar-refractivity contribution is 0.609. The number of benzene rings is 1. The first-order chi connectivity index (χ1) is 8.29. The van der Waals surface area contributed by atoms with E-state index in [-0.39, 0.29) is 16.4 Å². The number of halogens is 1. The fourth-order valence-electron chi connectivity index (χ4n) is 1.62. The minimum absolute atomic E-state index is 0.0362. The molecule has 7 heteroatoms. The molecule has 0 unspecified atom stereocenters. The van der Waals surface area contributed by atoms with Gasteiger partial charge in [0.1, 0.15) is 5.69 Å². The molecule has 0 radical (unpaired) electrons. The summed E-state index contributed by atoms with van der Waals surface area (Å²) in [5.74, 6) is -0.0468. The van der Waals surface area contributed by atoms with Crippen molar-refractivity contribution in [3.63, 3.8) is 0 Å². The Morgan fingerprint density at radius 1 is 1.33 bits per heavy atom. The summed E-state index contributed by atoms with van der Waals surface area (Å²) in [5.41, 5.74) is 0.985. The third-order valence-corrected chi connectivity index (χ3v) is 3.87. The van der Waals surface area contributed by atoms with Crippen LogP contribution in [-0.4, -0.2) is 18.4 Å². The van der Waals surface area contributed by atoms with E-state index in [1.54, 1.807) is 0 Å². The molecule has 0 aliphatic rings. The van der Waals surface area contributed by atoms with Crippen LogP contribution in [0.1, 0.15) is 25.5 Å². The molecule has 1 aromatic carbocycles. The molecular weight excluding hydrogens is 276 g/mol. The molecule has 0 saturated carbocycles. The Hall–Kier alpha value is -1.40. The summed E-state index contributed by atoms with van der Waals surface area (Å²) in [7, 11) is 1.47. The number of fused-ring (bicyclic) bond motifs is 1. The molecule has 0 atom stereocenters. The molecule has 1 N–H and O–H groups in total. The van der Waals surface area contributed by atoms with Gasteiger partial charge in [0.2, 0.25) is 0 Å². The topological polar surface area (TPSA) is 79.9 Å². The highest BCUT2D eigenvalue weighted by molar-refractivity contribution is 8.13. The third-order valence-electron chi connectivity index (χ3n) is 2.52. The smallest absolute Gasteiger partial charge is 0.270 e. The standard InChI is InChI=1S/C11H11ClN2O3S/c1-6(2)10-11(15)14-8-4-3-7(18(12,16)17)5-9(8)13-10/h3-6H,1-2H3,(H,14,15). The number of nitrogens with one attached hydrogen (secondary N) is 1. The zero-order valence-electron chi connectivity index (χ0n) is 9.77. The molecule has 2 aromatic rings. The van der Waals surface area contributed by atoms with E-state index in [9.17, 15) is 13.2 Å². The summed E-state index contributed by atoms with van der Waals surface area (Å²) in [6.45, 7) is 3.68. The summed E-state index contributed by atoms with van der Waals surface area (Å²) in [5, 5.41) is 0. The molecular formula is C11H11ClN2O3S. The summed E-state index contributed by atoms with van der Waals surface area (Å²) in [4.78, 5) is 18.5. The Morgan fingerprint density at radius 2 is 2.00 bits per heavy atom. The van der Waals surface area contributed by atoms with Gasteiger partial charge in [0, 0.05) is 16.6 Å². The molecule has 1 heterocycles. The number of hydrogen-bond donors (Lipinski definition) is 1. The second-order valence-corrected chi connectivity index (χ2v) is 6.79. The van der Waals surface area contributed by atoms with Crippen molar-refractivity contribution < 1.29 is 8.42 Å². The number of H-pyrrole nitrogens is 1. The summed E-state index contributed by atoms with van der Waals surface area (Å²) >= 11 is 0. The quantitative estimate of drug-likeness (QED) is 0.856. The lowest BCUT2D eigenvalue weighted by Crippen LogP contribution is -2.16. The Morgan fingerprint density at radius 3 is 2.56 bits per heavy atom. The van der Waals surface area contributed by atoms with Crippen molar-refractivity contribution >= 4 is 30.8 Å². The van der Waals surface area contributed by atoms with Crippen molar-refractivity contribution in [2.24, 2.45) is 0 Å². The van der Waals surface area contributed by atoms with Gasteiger partial charge < -0.3 is 4.98 Å². The van der Waals surface area contributed by atoms with E-state index < -0.39 is 9.05 Å². The average Bonchev–Trinajstić information content (AvgIpc) is 2.25. The molecule has 96 valence electrons. The second kappa shape index (κ2) is 4.37. The molecule has 0 amide bonds. The van der Waals surface area contributed by atoms with E-state index in [4.69, 9.17) is 10.7 Å². The lowest BCUT2D eigenvalue weighted by Gasteiger charge is -2.05. The molecule has 0 aliphatic heterocycles. The van der Waals surface area contributed by atoms with E-state index in [2.05, 4.69) is 9.97 Å². The van der Waals surface area contributed by atoms with Crippen molar-refractivity contribution in [2.75, 3.05) is 0 Å². The van der Waals surface area contributed by atoms with E-state index >= 15 is 0 Å². The minimum Gasteiger partial charge on any atom is -0.319 e. The fourth-order valence-corrected chi connectivity index (χ4v) is 2.39. The summed E-state index contributed by atoms with van der Waals surface area (Å²) < 4.78 is 22.5. The highest BCUT2D eigenvalue weighted by Gasteiger charge is 2.13. The third kappa shape index (κ3) is 2.39. The van der Waals surface area contributed by atoms with Crippen LogP contribution >= 0.6 is 10.7 Å². The van der Waals surface area contributed by atoms with Crippen LogP contribution in [-0.2, 0) is 9.05 Å². The molecule has 2 rings (SSSR count). The zero-order valence-corrected chi connectivity index (χ0v) is 11.3. The highest BCUT2D eigenvalue weighted by atomic mass is 35.7. The molecule has 1 aromatic heterocycles. The van der Waals surface area contributed by atoms with Crippen LogP contribution < -0.4 is 5.56 Å². The van der Waals surface area contributed by atoms with Gasteiger partial charge in [-0.2, -0.15) is 0 Å². The fraction of sp³-hybridized carbons (Fsp3) is 0.273. The first-order valence-corrected chi connectivity index (χ1v) is 7.58. The number of nitrogens with zero attached hydrogens (tertiary/aromatic N) is 1.